The van der Waals surface area contributed by atoms with Crippen molar-refractivity contribution in [3.05, 3.63) is 40.1 Å². The van der Waals surface area contributed by atoms with Crippen molar-refractivity contribution in [2.75, 3.05) is 18.9 Å². The van der Waals surface area contributed by atoms with Crippen LogP contribution in [0, 0.1) is 0 Å². The predicted molar refractivity (Wildman–Crippen MR) is 156 cm³/mol. The van der Waals surface area contributed by atoms with Crippen LogP contribution in [0.1, 0.15) is 12.5 Å². The number of nitrogens with zero attached hydrogens (tertiary/aromatic N) is 6. The minimum atomic E-state index is -5.08. The summed E-state index contributed by atoms with van der Waals surface area (Å²) in [5.41, 5.74) is 6.70. The van der Waals surface area contributed by atoms with Crippen LogP contribution >= 0.6 is 50.4 Å². The van der Waals surface area contributed by atoms with E-state index in [1.54, 1.807) is 0 Å². The molecule has 46 heavy (non-hydrogen) atoms. The molecule has 3 saturated heterocycles. The molecule has 3 aromatic heterocycles. The normalized spacial score (nSPS) is 37.2. The number of aliphatic hydroxyl groups excluding tert-OH is 2. The molecule has 6 N–H and O–H groups in total. The van der Waals surface area contributed by atoms with Gasteiger partial charge in [0.25, 0.3) is 0 Å². The number of phosphoric ester groups is 2. The van der Waals surface area contributed by atoms with Crippen molar-refractivity contribution < 1.29 is 56.7 Å². The summed E-state index contributed by atoms with van der Waals surface area (Å²) in [6, 6.07) is 2.84. The molecular weight excluding hydrogens is 723 g/mol. The summed E-state index contributed by atoms with van der Waals surface area (Å²) in [4.78, 5) is 37.6. The van der Waals surface area contributed by atoms with E-state index >= 15 is 0 Å². The Labute approximate surface area is 271 Å². The third kappa shape index (κ3) is 5.72. The van der Waals surface area contributed by atoms with Gasteiger partial charge in [-0.2, -0.15) is 0 Å². The van der Waals surface area contributed by atoms with E-state index in [0.29, 0.717) is 0 Å². The van der Waals surface area contributed by atoms with Crippen LogP contribution in [0.5, 0.6) is 0 Å². The maximum atomic E-state index is 13.2. The van der Waals surface area contributed by atoms with Crippen molar-refractivity contribution in [3.8, 4) is 0 Å². The van der Waals surface area contributed by atoms with Gasteiger partial charge in [0.2, 0.25) is 5.28 Å². The fraction of sp³-hybridized carbons (Fsp3) is 0.455. The Balaban J connectivity index is 1.21. The molecule has 19 nitrogen and oxygen atoms in total. The summed E-state index contributed by atoms with van der Waals surface area (Å²) < 4.78 is 61.6. The first kappa shape index (κ1) is 32.5. The predicted octanol–water partition coefficient (Wildman–Crippen LogP) is 1.95. The third-order valence-corrected chi connectivity index (χ3v) is 10.5. The molecule has 10 atom stereocenters. The second-order valence-corrected chi connectivity index (χ2v) is 14.3. The van der Waals surface area contributed by atoms with Crippen LogP contribution < -0.4 is 5.73 Å². The summed E-state index contributed by atoms with van der Waals surface area (Å²) in [6.07, 6.45) is -10.2. The smallest absolute Gasteiger partial charge is 0.387 e. The summed E-state index contributed by atoms with van der Waals surface area (Å²) in [6.45, 7) is -1.61. The molecule has 0 saturated carbocycles. The number of halogens is 3. The number of phosphoric acid groups is 2. The number of hydrogen-bond acceptors (Lipinski definition) is 15. The zero-order valence-electron chi connectivity index (χ0n) is 22.7. The van der Waals surface area contributed by atoms with Crippen molar-refractivity contribution in [2.45, 2.75) is 49.1 Å². The first-order chi connectivity index (χ1) is 21.7. The van der Waals surface area contributed by atoms with Crippen LogP contribution in [-0.2, 0) is 36.7 Å². The van der Waals surface area contributed by atoms with E-state index in [1.807, 2.05) is 0 Å². The fourth-order valence-corrected chi connectivity index (χ4v) is 7.94. The van der Waals surface area contributed by atoms with E-state index in [4.69, 9.17) is 68.1 Å². The van der Waals surface area contributed by atoms with Crippen molar-refractivity contribution in [1.82, 2.24) is 29.1 Å². The summed E-state index contributed by atoms with van der Waals surface area (Å²) in [5.74, 6) is 0.0276. The maximum absolute atomic E-state index is 13.2. The van der Waals surface area contributed by atoms with Gasteiger partial charge < -0.3 is 35.2 Å². The van der Waals surface area contributed by atoms with Gasteiger partial charge in [0, 0.05) is 0 Å². The van der Waals surface area contributed by atoms with Crippen LogP contribution in [0.3, 0.4) is 0 Å². The van der Waals surface area contributed by atoms with E-state index in [-0.39, 0.29) is 43.3 Å². The highest BCUT2D eigenvalue weighted by Gasteiger charge is 2.54. The molecule has 0 amide bonds. The standard InChI is InChI=1S/C22H22Cl3N7O12P2/c23-7-1-9-10(2-8(7)24)32(22(25)30-9)20-15(34)16-12(42-20)4-40-46(37,38)44-17-14(33)11(3-39-45(35,36)43-16)41-21(17)31-6-29-13-18(26)27-5-28-19(13)31/h1-2,5-6,11-12,14-17,20-21,33-34H,3-4H2,(H,35,36)(H,37,38)(H2,26,27,28)/t11-,12-,14?,15?,16?,17?,20-,21-/m1/s1. The first-order valence-electron chi connectivity index (χ1n) is 13.2. The van der Waals surface area contributed by atoms with Crippen LogP contribution in [0.25, 0.3) is 22.2 Å². The summed E-state index contributed by atoms with van der Waals surface area (Å²) in [5, 5.41) is 22.4. The van der Waals surface area contributed by atoms with Gasteiger partial charge >= 0.3 is 15.6 Å². The Morgan fingerprint density at radius 2 is 1.52 bits per heavy atom. The molecule has 7 rings (SSSR count). The largest absolute Gasteiger partial charge is 0.472 e. The van der Waals surface area contributed by atoms with Gasteiger partial charge in [-0.15, -0.1) is 0 Å². The van der Waals surface area contributed by atoms with Gasteiger partial charge in [-0.05, 0) is 23.7 Å². The number of fused-ring (bicyclic) bond motifs is 5. The zero-order valence-corrected chi connectivity index (χ0v) is 26.7. The molecule has 248 valence electrons. The number of anilines is 1. The monoisotopic (exact) mass is 743 g/mol. The molecule has 6 unspecified atom stereocenters. The van der Waals surface area contributed by atoms with Gasteiger partial charge in [0.15, 0.2) is 23.9 Å². The Hall–Kier alpha value is -2.03. The lowest BCUT2D eigenvalue weighted by Crippen LogP contribution is -2.36. The number of aromatic nitrogens is 6. The molecule has 3 aliphatic heterocycles. The van der Waals surface area contributed by atoms with Crippen molar-refractivity contribution >= 4 is 78.5 Å². The first-order valence-corrected chi connectivity index (χ1v) is 17.3. The molecule has 6 heterocycles. The molecular formula is C22H22Cl3N7O12P2. The summed E-state index contributed by atoms with van der Waals surface area (Å²) in [7, 11) is -10.2. The number of nitrogen functional groups attached to an aromatic ring is 1. The van der Waals surface area contributed by atoms with Gasteiger partial charge in [0.1, 0.15) is 48.5 Å². The zero-order chi connectivity index (χ0) is 32.7. The van der Waals surface area contributed by atoms with Crippen molar-refractivity contribution in [2.24, 2.45) is 0 Å². The molecule has 4 aromatic rings. The van der Waals surface area contributed by atoms with Crippen LogP contribution in [0.2, 0.25) is 15.3 Å². The Kier molecular flexibility index (Phi) is 8.37. The average molecular weight is 745 g/mol. The lowest BCUT2D eigenvalue weighted by atomic mass is 10.1. The average Bonchev–Trinajstić information content (AvgIpc) is 3.71. The van der Waals surface area contributed by atoms with E-state index < -0.39 is 77.9 Å². The lowest BCUT2D eigenvalue weighted by molar-refractivity contribution is -0.0671. The number of nitrogens with two attached hydrogens (primary N) is 1. The lowest BCUT2D eigenvalue weighted by Gasteiger charge is -2.25. The fourth-order valence-electron chi connectivity index (χ4n) is 5.45. The molecule has 0 aliphatic carbocycles. The second kappa shape index (κ2) is 11.8. The third-order valence-electron chi connectivity index (χ3n) is 7.54. The minimum absolute atomic E-state index is 0.0276. The molecule has 24 heteroatoms. The maximum Gasteiger partial charge on any atom is 0.472 e. The minimum Gasteiger partial charge on any atom is -0.387 e. The van der Waals surface area contributed by atoms with Crippen molar-refractivity contribution in [1.29, 1.82) is 0 Å². The Bertz CT molecular complexity index is 1930. The number of ether oxygens (including phenoxy) is 2. The number of aliphatic hydroxyl groups is 2. The molecule has 1 aromatic carbocycles. The number of hydrogen-bond donors (Lipinski definition) is 5. The number of rotatable bonds is 2. The van der Waals surface area contributed by atoms with Gasteiger partial charge in [-0.25, -0.2) is 29.1 Å². The van der Waals surface area contributed by atoms with Crippen molar-refractivity contribution in [3.63, 3.8) is 0 Å². The quantitative estimate of drug-likeness (QED) is 0.184. The molecule has 3 fully saturated rings. The van der Waals surface area contributed by atoms with E-state index in [1.165, 1.54) is 27.6 Å². The second-order valence-electron chi connectivity index (χ2n) is 10.4. The Morgan fingerprint density at radius 1 is 0.870 bits per heavy atom. The number of imidazole rings is 2. The van der Waals surface area contributed by atoms with Gasteiger partial charge in [0.05, 0.1) is 40.6 Å². The van der Waals surface area contributed by atoms with Crippen LogP contribution in [-0.4, -0.2) is 98.9 Å². The van der Waals surface area contributed by atoms with E-state index in [0.717, 1.165) is 6.33 Å². The number of benzene rings is 1. The van der Waals surface area contributed by atoms with Crippen LogP contribution in [0.15, 0.2) is 24.8 Å². The SMILES string of the molecule is Nc1ncnc2c1ncn2[C@@H]1O[C@@H]2COP(=O)(O)OC3C(O)[C@H](n4c(Cl)nc5cc(Cl)c(Cl)cc54)O[C@@H]3COP(=O)(O)OC1C2O. The highest BCUT2D eigenvalue weighted by atomic mass is 35.5. The summed E-state index contributed by atoms with van der Waals surface area (Å²) >= 11 is 18.6. The van der Waals surface area contributed by atoms with E-state index in [9.17, 15) is 29.1 Å². The highest BCUT2D eigenvalue weighted by molar-refractivity contribution is 7.47. The van der Waals surface area contributed by atoms with E-state index in [2.05, 4.69) is 19.9 Å². The van der Waals surface area contributed by atoms with Crippen LogP contribution in [0.4, 0.5) is 5.82 Å². The van der Waals surface area contributed by atoms with Gasteiger partial charge in [-0.1, -0.05) is 23.2 Å². The highest BCUT2D eigenvalue weighted by Crippen LogP contribution is 2.54. The Morgan fingerprint density at radius 3 is 2.26 bits per heavy atom. The molecule has 0 radical (unpaired) electrons. The molecule has 3 aliphatic rings. The van der Waals surface area contributed by atoms with Gasteiger partial charge in [-0.3, -0.25) is 27.2 Å². The molecule has 2 bridgehead atoms. The topological polar surface area (TPSA) is 258 Å². The molecule has 0 spiro atoms.